The van der Waals surface area contributed by atoms with Crippen molar-refractivity contribution in [3.05, 3.63) is 63.8 Å². The minimum Gasteiger partial charge on any atom is -0.455 e. The number of anilines is 4. The normalized spacial score (nSPS) is 17.7. The number of carbonyl (C=O) groups excluding carboxylic acids is 1. The van der Waals surface area contributed by atoms with Crippen LogP contribution < -0.4 is 25.2 Å². The second kappa shape index (κ2) is 9.18. The molecule has 2 aliphatic heterocycles. The number of piperazine rings is 1. The second-order valence-electron chi connectivity index (χ2n) is 8.90. The number of aromatic nitrogens is 2. The van der Waals surface area contributed by atoms with Gasteiger partial charge in [0.25, 0.3) is 5.91 Å². The monoisotopic (exact) mass is 510 g/mol. The van der Waals surface area contributed by atoms with Crippen molar-refractivity contribution in [3.8, 4) is 5.88 Å². The third-order valence-electron chi connectivity index (χ3n) is 6.53. The molecular weight excluding hydrogens is 487 g/mol. The topological polar surface area (TPSA) is 82.6 Å². The molecule has 3 heterocycles. The van der Waals surface area contributed by atoms with Gasteiger partial charge in [0.15, 0.2) is 6.73 Å². The van der Waals surface area contributed by atoms with E-state index in [0.717, 1.165) is 31.9 Å². The van der Waals surface area contributed by atoms with Gasteiger partial charge in [0.2, 0.25) is 11.8 Å². The number of hydrogen-bond acceptors (Lipinski definition) is 7. The van der Waals surface area contributed by atoms with Crippen molar-refractivity contribution in [2.75, 3.05) is 48.0 Å². The molecule has 2 N–H and O–H groups in total. The van der Waals surface area contributed by atoms with Crippen molar-refractivity contribution in [1.82, 2.24) is 15.3 Å². The van der Waals surface area contributed by atoms with E-state index in [2.05, 4.69) is 43.7 Å². The maximum Gasteiger partial charge on any atom is 0.268 e. The van der Waals surface area contributed by atoms with Crippen LogP contribution in [0.15, 0.2) is 42.6 Å². The van der Waals surface area contributed by atoms with Crippen molar-refractivity contribution < 1.29 is 9.53 Å². The summed E-state index contributed by atoms with van der Waals surface area (Å²) < 4.78 is 5.80. The van der Waals surface area contributed by atoms with Gasteiger partial charge in [0, 0.05) is 43.8 Å². The zero-order valence-corrected chi connectivity index (χ0v) is 20.4. The van der Waals surface area contributed by atoms with Crippen molar-refractivity contribution in [3.63, 3.8) is 0 Å². The first-order valence-corrected chi connectivity index (χ1v) is 12.5. The number of fused-ring (bicyclic) bond motifs is 1. The molecular formula is C25H24Cl2N6O2. The Labute approximate surface area is 213 Å². The van der Waals surface area contributed by atoms with Crippen molar-refractivity contribution in [1.29, 1.82) is 0 Å². The molecule has 3 aliphatic rings. The third-order valence-corrected chi connectivity index (χ3v) is 7.14. The van der Waals surface area contributed by atoms with Crippen LogP contribution in [0.1, 0.15) is 34.7 Å². The smallest absolute Gasteiger partial charge is 0.268 e. The number of benzene rings is 2. The van der Waals surface area contributed by atoms with Gasteiger partial charge in [0.1, 0.15) is 5.56 Å². The van der Waals surface area contributed by atoms with E-state index in [-0.39, 0.29) is 24.1 Å². The van der Waals surface area contributed by atoms with Gasteiger partial charge in [-0.1, -0.05) is 29.3 Å². The molecule has 2 aromatic carbocycles. The number of para-hydroxylation sites is 1. The molecule has 6 rings (SSSR count). The zero-order valence-electron chi connectivity index (χ0n) is 18.9. The Morgan fingerprint density at radius 3 is 2.60 bits per heavy atom. The molecule has 1 saturated heterocycles. The lowest BCUT2D eigenvalue weighted by molar-refractivity contribution is 0.0932. The molecule has 35 heavy (non-hydrogen) atoms. The maximum atomic E-state index is 13.1. The third kappa shape index (κ3) is 4.37. The average molecular weight is 511 g/mol. The van der Waals surface area contributed by atoms with Gasteiger partial charge < -0.3 is 20.3 Å². The predicted molar refractivity (Wildman–Crippen MR) is 138 cm³/mol. The molecule has 0 spiro atoms. The quantitative estimate of drug-likeness (QED) is 0.509. The van der Waals surface area contributed by atoms with Crippen LogP contribution in [0.25, 0.3) is 0 Å². The molecule has 0 atom stereocenters. The van der Waals surface area contributed by atoms with Crippen LogP contribution in [0.3, 0.4) is 0 Å². The standard InChI is InChI=1S/C25H24Cl2N6O2/c26-19-2-1-3-20(27)22(19)33-14-35-23-18(24(33)34)13-29-25(31-23)30-16-6-7-21(17(12-16)15-4-5-15)32-10-8-28-9-11-32/h1-3,6-7,12-13,15,28H,4-5,8-11,14H2,(H,29,30,31). The van der Waals surface area contributed by atoms with E-state index in [9.17, 15) is 4.79 Å². The van der Waals surface area contributed by atoms with Crippen molar-refractivity contribution in [2.45, 2.75) is 18.8 Å². The van der Waals surface area contributed by atoms with Gasteiger partial charge in [-0.05, 0) is 54.7 Å². The molecule has 8 nitrogen and oxygen atoms in total. The largest absolute Gasteiger partial charge is 0.455 e. The van der Waals surface area contributed by atoms with Crippen LogP contribution in [0.2, 0.25) is 10.0 Å². The molecule has 10 heteroatoms. The van der Waals surface area contributed by atoms with E-state index in [1.807, 2.05) is 0 Å². The van der Waals surface area contributed by atoms with E-state index < -0.39 is 0 Å². The highest BCUT2D eigenvalue weighted by atomic mass is 35.5. The molecule has 180 valence electrons. The fourth-order valence-electron chi connectivity index (χ4n) is 4.60. The van der Waals surface area contributed by atoms with E-state index in [0.29, 0.717) is 27.6 Å². The number of nitrogens with zero attached hydrogens (tertiary/aromatic N) is 4. The molecule has 0 bridgehead atoms. The van der Waals surface area contributed by atoms with Crippen LogP contribution in [-0.4, -0.2) is 48.8 Å². The highest BCUT2D eigenvalue weighted by Gasteiger charge is 2.32. The Hall–Kier alpha value is -3.07. The summed E-state index contributed by atoms with van der Waals surface area (Å²) in [5, 5.41) is 7.44. The Morgan fingerprint density at radius 1 is 1.09 bits per heavy atom. The molecule has 1 amide bonds. The van der Waals surface area contributed by atoms with Gasteiger partial charge in [-0.15, -0.1) is 0 Å². The average Bonchev–Trinajstić information content (AvgIpc) is 3.71. The van der Waals surface area contributed by atoms with Crippen LogP contribution in [-0.2, 0) is 0 Å². The lowest BCUT2D eigenvalue weighted by Crippen LogP contribution is -2.43. The fourth-order valence-corrected chi connectivity index (χ4v) is 5.20. The van der Waals surface area contributed by atoms with Gasteiger partial charge >= 0.3 is 0 Å². The Kier molecular flexibility index (Phi) is 5.88. The number of rotatable bonds is 5. The number of hydrogen-bond donors (Lipinski definition) is 2. The Morgan fingerprint density at radius 2 is 1.86 bits per heavy atom. The van der Waals surface area contributed by atoms with E-state index in [1.165, 1.54) is 35.2 Å². The number of carbonyl (C=O) groups is 1. The second-order valence-corrected chi connectivity index (χ2v) is 9.71. The summed E-state index contributed by atoms with van der Waals surface area (Å²) in [6, 6.07) is 11.5. The summed E-state index contributed by atoms with van der Waals surface area (Å²) in [4.78, 5) is 25.8. The summed E-state index contributed by atoms with van der Waals surface area (Å²) in [6.45, 7) is 4.00. The Bertz CT molecular complexity index is 1270. The molecule has 3 aromatic rings. The van der Waals surface area contributed by atoms with Crippen LogP contribution in [0.5, 0.6) is 5.88 Å². The number of amides is 1. The van der Waals surface area contributed by atoms with E-state index in [4.69, 9.17) is 27.9 Å². The molecule has 1 saturated carbocycles. The van der Waals surface area contributed by atoms with Crippen molar-refractivity contribution >= 4 is 52.1 Å². The lowest BCUT2D eigenvalue weighted by atomic mass is 10.1. The molecule has 1 aliphatic carbocycles. The first-order chi connectivity index (χ1) is 17.1. The van der Waals surface area contributed by atoms with Crippen LogP contribution in [0.4, 0.5) is 23.0 Å². The van der Waals surface area contributed by atoms with Crippen LogP contribution >= 0.6 is 23.2 Å². The summed E-state index contributed by atoms with van der Waals surface area (Å²) >= 11 is 12.6. The van der Waals surface area contributed by atoms with Gasteiger partial charge in [0.05, 0.1) is 15.7 Å². The summed E-state index contributed by atoms with van der Waals surface area (Å²) in [6.07, 6.45) is 3.92. The predicted octanol–water partition coefficient (Wildman–Crippen LogP) is 4.81. The lowest BCUT2D eigenvalue weighted by Gasteiger charge is -2.31. The van der Waals surface area contributed by atoms with E-state index in [1.54, 1.807) is 18.2 Å². The van der Waals surface area contributed by atoms with Gasteiger partial charge in [-0.25, -0.2) is 4.98 Å². The zero-order chi connectivity index (χ0) is 23.9. The van der Waals surface area contributed by atoms with E-state index >= 15 is 0 Å². The molecule has 1 aromatic heterocycles. The molecule has 0 radical (unpaired) electrons. The van der Waals surface area contributed by atoms with Crippen LogP contribution in [0, 0.1) is 0 Å². The number of ether oxygens (including phenoxy) is 1. The Balaban J connectivity index is 1.24. The first kappa shape index (κ1) is 22.4. The summed E-state index contributed by atoms with van der Waals surface area (Å²) in [5.41, 5.74) is 4.26. The fraction of sp³-hybridized carbons (Fsp3) is 0.320. The molecule has 2 fully saturated rings. The number of nitrogens with one attached hydrogen (secondary N) is 2. The first-order valence-electron chi connectivity index (χ1n) is 11.7. The van der Waals surface area contributed by atoms with Crippen molar-refractivity contribution in [2.24, 2.45) is 0 Å². The minimum absolute atomic E-state index is 0.0447. The summed E-state index contributed by atoms with van der Waals surface area (Å²) in [5.74, 6) is 0.892. The van der Waals surface area contributed by atoms with Gasteiger partial charge in [-0.3, -0.25) is 9.69 Å². The highest BCUT2D eigenvalue weighted by Crippen LogP contribution is 2.45. The van der Waals surface area contributed by atoms with Gasteiger partial charge in [-0.2, -0.15) is 4.98 Å². The highest BCUT2D eigenvalue weighted by molar-refractivity contribution is 6.40. The maximum absolute atomic E-state index is 13.1. The molecule has 0 unspecified atom stereocenters. The SMILES string of the molecule is O=C1c2cnc(Nc3ccc(N4CCNCC4)c(C4CC4)c3)nc2OCN1c1c(Cl)cccc1Cl. The minimum atomic E-state index is -0.316. The number of halogens is 2. The summed E-state index contributed by atoms with van der Waals surface area (Å²) in [7, 11) is 0.